The largest absolute Gasteiger partial charge is 0.444 e. The lowest BCUT2D eigenvalue weighted by molar-refractivity contribution is -0.121. The molecule has 0 saturated carbocycles. The third-order valence-electron chi connectivity index (χ3n) is 3.75. The molecular weight excluding hydrogens is 266 g/mol. The van der Waals surface area contributed by atoms with E-state index in [-0.39, 0.29) is 0 Å². The van der Waals surface area contributed by atoms with Gasteiger partial charge in [0.1, 0.15) is 17.4 Å². The van der Waals surface area contributed by atoms with Crippen LogP contribution in [0.15, 0.2) is 30.3 Å². The van der Waals surface area contributed by atoms with Crippen molar-refractivity contribution in [3.63, 3.8) is 0 Å². The van der Waals surface area contributed by atoms with Crippen molar-refractivity contribution in [3.05, 3.63) is 35.9 Å². The highest BCUT2D eigenvalue weighted by molar-refractivity contribution is 5.78. The topological polar surface area (TPSA) is 46.6 Å². The zero-order chi connectivity index (χ0) is 15.5. The lowest BCUT2D eigenvalue weighted by Crippen LogP contribution is -2.54. The zero-order valence-electron chi connectivity index (χ0n) is 13.0. The van der Waals surface area contributed by atoms with Crippen molar-refractivity contribution >= 4 is 12.4 Å². The van der Waals surface area contributed by atoms with Crippen molar-refractivity contribution in [2.24, 2.45) is 0 Å². The molecule has 0 aromatic heterocycles. The number of nitrogens with zero attached hydrogens (tertiary/aromatic N) is 1. The Morgan fingerprint density at radius 3 is 2.48 bits per heavy atom. The molecule has 1 aromatic rings. The minimum atomic E-state index is -0.901. The summed E-state index contributed by atoms with van der Waals surface area (Å²) in [6, 6.07) is 9.49. The lowest BCUT2D eigenvalue weighted by atomic mass is 9.82. The molecule has 0 radical (unpaired) electrons. The minimum absolute atomic E-state index is 0.418. The van der Waals surface area contributed by atoms with Gasteiger partial charge in [0.2, 0.25) is 0 Å². The summed E-state index contributed by atoms with van der Waals surface area (Å²) < 4.78 is 5.48. The summed E-state index contributed by atoms with van der Waals surface area (Å²) in [5.41, 5.74) is -0.618. The van der Waals surface area contributed by atoms with Crippen LogP contribution in [0.3, 0.4) is 0 Å². The van der Waals surface area contributed by atoms with Crippen LogP contribution < -0.4 is 0 Å². The number of ether oxygens (including phenoxy) is 1. The third kappa shape index (κ3) is 3.26. The monoisotopic (exact) mass is 289 g/mol. The Hall–Kier alpha value is -1.84. The van der Waals surface area contributed by atoms with Gasteiger partial charge in [0, 0.05) is 6.54 Å². The van der Waals surface area contributed by atoms with Crippen molar-refractivity contribution in [2.75, 3.05) is 6.54 Å². The molecule has 1 fully saturated rings. The quantitative estimate of drug-likeness (QED) is 0.783. The Kier molecular flexibility index (Phi) is 4.35. The summed E-state index contributed by atoms with van der Waals surface area (Å²) in [7, 11) is 0. The molecule has 4 nitrogen and oxygen atoms in total. The molecule has 0 spiro atoms. The molecule has 1 amide bonds. The highest BCUT2D eigenvalue weighted by Crippen LogP contribution is 2.37. The van der Waals surface area contributed by atoms with E-state index in [0.29, 0.717) is 13.0 Å². The Balaban J connectivity index is 2.37. The molecule has 1 heterocycles. The normalized spacial score (nSPS) is 22.7. The van der Waals surface area contributed by atoms with Gasteiger partial charge in [-0.1, -0.05) is 30.3 Å². The summed E-state index contributed by atoms with van der Waals surface area (Å²) in [6.07, 6.45) is 2.93. The van der Waals surface area contributed by atoms with Crippen LogP contribution >= 0.6 is 0 Å². The Morgan fingerprint density at radius 2 is 1.90 bits per heavy atom. The molecule has 4 heteroatoms. The Morgan fingerprint density at radius 1 is 1.24 bits per heavy atom. The number of rotatable bonds is 2. The number of hydrogen-bond acceptors (Lipinski definition) is 3. The fraction of sp³-hybridized carbons (Fsp3) is 0.529. The van der Waals surface area contributed by atoms with E-state index in [1.54, 1.807) is 4.90 Å². The molecule has 1 aromatic carbocycles. The molecule has 1 saturated heterocycles. The summed E-state index contributed by atoms with van der Waals surface area (Å²) in [4.78, 5) is 26.0. The van der Waals surface area contributed by atoms with Crippen LogP contribution in [0.1, 0.15) is 45.6 Å². The van der Waals surface area contributed by atoms with Crippen LogP contribution in [0, 0.1) is 0 Å². The van der Waals surface area contributed by atoms with Gasteiger partial charge in [0.25, 0.3) is 0 Å². The number of amides is 1. The van der Waals surface area contributed by atoms with Crippen LogP contribution in [-0.4, -0.2) is 29.4 Å². The van der Waals surface area contributed by atoms with E-state index in [1.807, 2.05) is 51.1 Å². The second-order valence-corrected chi connectivity index (χ2v) is 6.50. The molecular formula is C17H23NO3. The van der Waals surface area contributed by atoms with Gasteiger partial charge in [0.15, 0.2) is 0 Å². The molecule has 2 rings (SSSR count). The van der Waals surface area contributed by atoms with Gasteiger partial charge in [-0.2, -0.15) is 0 Å². The van der Waals surface area contributed by atoms with Gasteiger partial charge in [0.05, 0.1) is 0 Å². The smallest absolute Gasteiger partial charge is 0.411 e. The van der Waals surface area contributed by atoms with Gasteiger partial charge in [-0.3, -0.25) is 4.90 Å². The predicted molar refractivity (Wildman–Crippen MR) is 81.0 cm³/mol. The number of likely N-dealkylation sites (tertiary alicyclic amines) is 1. The Labute approximate surface area is 126 Å². The average Bonchev–Trinajstić information content (AvgIpc) is 2.46. The van der Waals surface area contributed by atoms with E-state index in [2.05, 4.69) is 0 Å². The second kappa shape index (κ2) is 5.88. The third-order valence-corrected chi connectivity index (χ3v) is 3.75. The standard InChI is InChI=1S/C17H23NO3/c1-16(2,3)21-15(20)18-12-8-7-11-17(18,13-19)14-9-5-4-6-10-14/h4-6,9-10,13H,7-8,11-12H2,1-3H3. The van der Waals surface area contributed by atoms with Crippen LogP contribution in [0.2, 0.25) is 0 Å². The molecule has 1 atom stereocenters. The van der Waals surface area contributed by atoms with Crippen LogP contribution in [0.4, 0.5) is 4.79 Å². The first-order valence-electron chi connectivity index (χ1n) is 7.41. The first-order valence-corrected chi connectivity index (χ1v) is 7.41. The SMILES string of the molecule is CC(C)(C)OC(=O)N1CCCCC1(C=O)c1ccccc1. The highest BCUT2D eigenvalue weighted by Gasteiger charge is 2.44. The van der Waals surface area contributed by atoms with Crippen molar-refractivity contribution in [3.8, 4) is 0 Å². The maximum absolute atomic E-state index is 12.5. The van der Waals surface area contributed by atoms with E-state index >= 15 is 0 Å². The fourth-order valence-corrected chi connectivity index (χ4v) is 2.79. The van der Waals surface area contributed by atoms with Crippen molar-refractivity contribution < 1.29 is 14.3 Å². The first-order chi connectivity index (χ1) is 9.89. The van der Waals surface area contributed by atoms with Crippen molar-refractivity contribution in [1.29, 1.82) is 0 Å². The molecule has 0 aliphatic carbocycles. The van der Waals surface area contributed by atoms with Gasteiger partial charge < -0.3 is 9.53 Å². The number of piperidine rings is 1. The molecule has 0 N–H and O–H groups in total. The number of hydrogen-bond donors (Lipinski definition) is 0. The van der Waals surface area contributed by atoms with E-state index in [9.17, 15) is 9.59 Å². The van der Waals surface area contributed by atoms with Crippen molar-refractivity contribution in [2.45, 2.75) is 51.2 Å². The summed E-state index contributed by atoms with van der Waals surface area (Å²) >= 11 is 0. The van der Waals surface area contributed by atoms with Crippen LogP contribution in [0.5, 0.6) is 0 Å². The lowest BCUT2D eigenvalue weighted by Gasteiger charge is -2.44. The van der Waals surface area contributed by atoms with Gasteiger partial charge >= 0.3 is 6.09 Å². The van der Waals surface area contributed by atoms with Crippen LogP contribution in [0.25, 0.3) is 0 Å². The molecule has 0 bridgehead atoms. The molecule has 1 aliphatic rings. The van der Waals surface area contributed by atoms with Crippen LogP contribution in [-0.2, 0) is 15.1 Å². The second-order valence-electron chi connectivity index (χ2n) is 6.50. The predicted octanol–water partition coefficient (Wildman–Crippen LogP) is 3.50. The highest BCUT2D eigenvalue weighted by atomic mass is 16.6. The number of carbonyl (C=O) groups excluding carboxylic acids is 2. The number of carbonyl (C=O) groups is 2. The van der Waals surface area contributed by atoms with E-state index in [4.69, 9.17) is 4.74 Å². The summed E-state index contributed by atoms with van der Waals surface area (Å²) in [5, 5.41) is 0. The summed E-state index contributed by atoms with van der Waals surface area (Å²) in [5.74, 6) is 0. The number of benzene rings is 1. The first kappa shape index (κ1) is 15.5. The van der Waals surface area contributed by atoms with Gasteiger partial charge in [-0.15, -0.1) is 0 Å². The number of aldehydes is 1. The van der Waals surface area contributed by atoms with Crippen molar-refractivity contribution in [1.82, 2.24) is 4.90 Å². The molecule has 114 valence electrons. The van der Waals surface area contributed by atoms with E-state index in [1.165, 1.54) is 0 Å². The molecule has 1 unspecified atom stereocenters. The average molecular weight is 289 g/mol. The molecule has 1 aliphatic heterocycles. The Bertz CT molecular complexity index is 507. The molecule has 21 heavy (non-hydrogen) atoms. The maximum Gasteiger partial charge on any atom is 0.411 e. The maximum atomic E-state index is 12.5. The zero-order valence-corrected chi connectivity index (χ0v) is 13.0. The van der Waals surface area contributed by atoms with Gasteiger partial charge in [-0.05, 0) is 45.6 Å². The summed E-state index contributed by atoms with van der Waals surface area (Å²) in [6.45, 7) is 6.04. The van der Waals surface area contributed by atoms with E-state index < -0.39 is 17.2 Å². The van der Waals surface area contributed by atoms with E-state index in [0.717, 1.165) is 24.7 Å². The fourth-order valence-electron chi connectivity index (χ4n) is 2.79. The minimum Gasteiger partial charge on any atom is -0.444 e. The van der Waals surface area contributed by atoms with Gasteiger partial charge in [-0.25, -0.2) is 4.79 Å².